The van der Waals surface area contributed by atoms with E-state index in [1.807, 2.05) is 0 Å². The molecular weight excluding hydrogens is 216 g/mol. The van der Waals surface area contributed by atoms with Crippen LogP contribution in [0.4, 0.5) is 0 Å². The molecule has 0 N–H and O–H groups in total. The fourth-order valence-corrected chi connectivity index (χ4v) is 0.779. The highest BCUT2D eigenvalue weighted by Crippen LogP contribution is 2.00. The molecule has 0 unspecified atom stereocenters. The predicted octanol–water partition coefficient (Wildman–Crippen LogP) is -1.28. The molecule has 74 valence electrons. The van der Waals surface area contributed by atoms with Gasteiger partial charge in [-0.25, -0.2) is 8.37 Å². The maximum absolute atomic E-state index is 10.3. The van der Waals surface area contributed by atoms with Crippen molar-refractivity contribution in [1.29, 1.82) is 0 Å². The smallest absolute Gasteiger partial charge is 0.250 e. The van der Waals surface area contributed by atoms with Crippen molar-refractivity contribution in [2.45, 2.75) is 0 Å². The lowest BCUT2D eigenvalue weighted by Crippen LogP contribution is -2.14. The highest BCUT2D eigenvalue weighted by molar-refractivity contribution is 7.84. The quantitative estimate of drug-likeness (QED) is 0.418. The Hall–Kier alpha value is -0.260. The van der Waals surface area contributed by atoms with E-state index in [1.165, 1.54) is 0 Å². The molecule has 10 heteroatoms. The molecule has 0 aromatic heterocycles. The Labute approximate surface area is 69.6 Å². The molecule has 0 fully saturated rings. The van der Waals surface area contributed by atoms with Gasteiger partial charge < -0.3 is 0 Å². The summed E-state index contributed by atoms with van der Waals surface area (Å²) in [6.07, 6.45) is 0. The normalized spacial score (nSPS) is 13.2. The predicted molar refractivity (Wildman–Crippen MR) is 34.0 cm³/mol. The van der Waals surface area contributed by atoms with Crippen molar-refractivity contribution in [2.24, 2.45) is 0 Å². The molecule has 0 spiro atoms. The topological polar surface area (TPSA) is 105 Å². The first-order chi connectivity index (χ1) is 5.33. The van der Waals surface area contributed by atoms with Crippen LogP contribution in [0.15, 0.2) is 0 Å². The summed E-state index contributed by atoms with van der Waals surface area (Å²) < 4.78 is 55.2. The Morgan fingerprint density at radius 1 is 0.750 bits per heavy atom. The average molecular weight is 222 g/mol. The number of hydrogen-bond acceptors (Lipinski definition) is 8. The minimum atomic E-state index is -4.44. The van der Waals surface area contributed by atoms with E-state index < -0.39 is 20.8 Å². The summed E-state index contributed by atoms with van der Waals surface area (Å²) in [6.45, 7) is 0. The van der Waals surface area contributed by atoms with Crippen LogP contribution >= 0.6 is 0 Å². The zero-order valence-electron chi connectivity index (χ0n) is 6.08. The maximum Gasteiger partial charge on any atom is 0.427 e. The molecule has 0 aliphatic rings. The Morgan fingerprint density at radius 3 is 1.17 bits per heavy atom. The van der Waals surface area contributed by atoms with E-state index in [2.05, 4.69) is 17.0 Å². The highest BCUT2D eigenvalue weighted by atomic mass is 32.3. The molecule has 0 radical (unpaired) electrons. The van der Waals surface area contributed by atoms with Gasteiger partial charge in [0, 0.05) is 0 Å². The third-order valence-corrected chi connectivity index (χ3v) is 1.97. The molecule has 0 aromatic carbocycles. The van der Waals surface area contributed by atoms with Gasteiger partial charge in [0.05, 0.1) is 14.2 Å². The third kappa shape index (κ3) is 4.58. The first-order valence-corrected chi connectivity index (χ1v) is 4.98. The Morgan fingerprint density at radius 2 is 1.00 bits per heavy atom. The maximum atomic E-state index is 10.3. The van der Waals surface area contributed by atoms with E-state index in [0.717, 1.165) is 14.2 Å². The second kappa shape index (κ2) is 4.11. The van der Waals surface area contributed by atoms with E-state index in [0.29, 0.717) is 0 Å². The van der Waals surface area contributed by atoms with Gasteiger partial charge in [0.25, 0.3) is 0 Å². The molecule has 12 heavy (non-hydrogen) atoms. The van der Waals surface area contributed by atoms with Crippen molar-refractivity contribution in [1.82, 2.24) is 0 Å². The average Bonchev–Trinajstić information content (AvgIpc) is 2.02. The Bertz CT molecular complexity index is 275. The lowest BCUT2D eigenvalue weighted by atomic mass is 11.8. The van der Waals surface area contributed by atoms with Crippen LogP contribution in [-0.2, 0) is 37.8 Å². The lowest BCUT2D eigenvalue weighted by Gasteiger charge is -1.99. The summed E-state index contributed by atoms with van der Waals surface area (Å²) in [6, 6.07) is 0. The standard InChI is InChI=1S/C2H6O8S2/c1-7-11(3,4)9-10-12(5,6)8-2/h1-2H3. The third-order valence-electron chi connectivity index (χ3n) is 0.603. The molecule has 0 heterocycles. The molecule has 0 aliphatic carbocycles. The van der Waals surface area contributed by atoms with E-state index >= 15 is 0 Å². The van der Waals surface area contributed by atoms with Crippen LogP contribution in [0.5, 0.6) is 0 Å². The minimum absolute atomic E-state index is 0.762. The summed E-state index contributed by atoms with van der Waals surface area (Å²) in [5, 5.41) is 0. The summed E-state index contributed by atoms with van der Waals surface area (Å²) in [7, 11) is -7.36. The van der Waals surface area contributed by atoms with E-state index in [-0.39, 0.29) is 0 Å². The molecular formula is C2H6O8S2. The first kappa shape index (κ1) is 11.7. The second-order valence-electron chi connectivity index (χ2n) is 1.29. The first-order valence-electron chi connectivity index (χ1n) is 2.32. The fraction of sp³-hybridized carbons (Fsp3) is 1.00. The molecule has 0 aromatic rings. The van der Waals surface area contributed by atoms with E-state index in [4.69, 9.17) is 0 Å². The summed E-state index contributed by atoms with van der Waals surface area (Å²) >= 11 is 0. The molecule has 0 saturated carbocycles. The van der Waals surface area contributed by atoms with Crippen LogP contribution in [0.1, 0.15) is 0 Å². The summed E-state index contributed by atoms with van der Waals surface area (Å²) in [5.41, 5.74) is 0. The number of hydrogen-bond donors (Lipinski definition) is 0. The zero-order chi connectivity index (χ0) is 9.83. The summed E-state index contributed by atoms with van der Waals surface area (Å²) in [4.78, 5) is 0. The Balaban J connectivity index is 4.20. The van der Waals surface area contributed by atoms with Crippen LogP contribution in [-0.4, -0.2) is 31.1 Å². The van der Waals surface area contributed by atoms with Crippen molar-refractivity contribution >= 4 is 20.8 Å². The van der Waals surface area contributed by atoms with Gasteiger partial charge in [0.1, 0.15) is 0 Å². The minimum Gasteiger partial charge on any atom is -0.250 e. The van der Waals surface area contributed by atoms with Gasteiger partial charge in [-0.3, -0.25) is 0 Å². The van der Waals surface area contributed by atoms with Gasteiger partial charge >= 0.3 is 20.8 Å². The molecule has 0 saturated heterocycles. The van der Waals surface area contributed by atoms with Crippen LogP contribution in [0.2, 0.25) is 0 Å². The van der Waals surface area contributed by atoms with Gasteiger partial charge in [-0.05, 0) is 0 Å². The molecule has 8 nitrogen and oxygen atoms in total. The molecule has 0 rings (SSSR count). The van der Waals surface area contributed by atoms with Crippen molar-refractivity contribution in [3.05, 3.63) is 0 Å². The van der Waals surface area contributed by atoms with Crippen LogP contribution in [0, 0.1) is 0 Å². The molecule has 0 aliphatic heterocycles. The van der Waals surface area contributed by atoms with Gasteiger partial charge in [0.15, 0.2) is 0 Å². The van der Waals surface area contributed by atoms with Gasteiger partial charge in [0.2, 0.25) is 0 Å². The fourth-order valence-electron chi connectivity index (χ4n) is 0.124. The lowest BCUT2D eigenvalue weighted by molar-refractivity contribution is -0.108. The van der Waals surface area contributed by atoms with Gasteiger partial charge in [-0.15, -0.1) is 0 Å². The van der Waals surface area contributed by atoms with Gasteiger partial charge in [-0.2, -0.15) is 16.8 Å². The SMILES string of the molecule is COS(=O)(=O)OOS(=O)(=O)OC. The molecule has 0 bridgehead atoms. The zero-order valence-corrected chi connectivity index (χ0v) is 7.72. The summed E-state index contributed by atoms with van der Waals surface area (Å²) in [5.74, 6) is 0. The molecule has 0 atom stereocenters. The molecule has 0 amide bonds. The highest BCUT2D eigenvalue weighted by Gasteiger charge is 2.18. The monoisotopic (exact) mass is 222 g/mol. The number of rotatable bonds is 5. The van der Waals surface area contributed by atoms with Crippen molar-refractivity contribution in [3.63, 3.8) is 0 Å². The van der Waals surface area contributed by atoms with E-state index in [1.54, 1.807) is 0 Å². The van der Waals surface area contributed by atoms with Crippen molar-refractivity contribution in [3.8, 4) is 0 Å². The largest absolute Gasteiger partial charge is 0.427 e. The Kier molecular flexibility index (Phi) is 4.02. The van der Waals surface area contributed by atoms with E-state index in [9.17, 15) is 16.8 Å². The van der Waals surface area contributed by atoms with Crippen molar-refractivity contribution in [2.75, 3.05) is 14.2 Å². The van der Waals surface area contributed by atoms with Crippen LogP contribution < -0.4 is 0 Å². The van der Waals surface area contributed by atoms with Crippen LogP contribution in [0.25, 0.3) is 0 Å². The second-order valence-corrected chi connectivity index (χ2v) is 3.86. The van der Waals surface area contributed by atoms with Crippen LogP contribution in [0.3, 0.4) is 0 Å². The van der Waals surface area contributed by atoms with Crippen molar-refractivity contribution < 1.29 is 33.9 Å². The van der Waals surface area contributed by atoms with Gasteiger partial charge in [-0.1, -0.05) is 8.67 Å².